The Bertz CT molecular complexity index is 829. The number of benzene rings is 2. The van der Waals surface area contributed by atoms with E-state index in [4.69, 9.17) is 26.6 Å². The van der Waals surface area contributed by atoms with Crippen molar-refractivity contribution in [3.63, 3.8) is 0 Å². The van der Waals surface area contributed by atoms with Crippen molar-refractivity contribution in [3.05, 3.63) is 59.7 Å². The van der Waals surface area contributed by atoms with E-state index < -0.39 is 17.6 Å². The lowest BCUT2D eigenvalue weighted by Gasteiger charge is -2.39. The molecule has 1 fully saturated rings. The molecule has 2 N–H and O–H groups in total. The Labute approximate surface area is 218 Å². The third kappa shape index (κ3) is 6.51. The van der Waals surface area contributed by atoms with Gasteiger partial charge in [0.25, 0.3) is 0 Å². The van der Waals surface area contributed by atoms with E-state index in [0.29, 0.717) is 0 Å². The highest BCUT2D eigenvalue weighted by Crippen LogP contribution is 2.27. The maximum atomic E-state index is 5.60. The summed E-state index contributed by atoms with van der Waals surface area (Å²) in [6.45, 7) is 1.55. The highest BCUT2D eigenvalue weighted by molar-refractivity contribution is 6.75. The van der Waals surface area contributed by atoms with Crippen LogP contribution < -0.4 is 21.0 Å². The summed E-state index contributed by atoms with van der Waals surface area (Å²) in [4.78, 5) is 0. The Morgan fingerprint density at radius 3 is 1.19 bits per heavy atom. The molecule has 2 aromatic rings. The monoisotopic (exact) mass is 534 g/mol. The van der Waals surface area contributed by atoms with Crippen molar-refractivity contribution in [2.45, 2.75) is 50.9 Å². The molecule has 0 atom stereocenters. The summed E-state index contributed by atoms with van der Waals surface area (Å²) < 4.78 is 33.6. The molecule has 2 aromatic carbocycles. The molecule has 0 amide bonds. The van der Waals surface area contributed by atoms with Crippen molar-refractivity contribution in [1.82, 2.24) is 10.6 Å². The van der Waals surface area contributed by atoms with Crippen LogP contribution in [-0.2, 0) is 39.6 Å². The first-order chi connectivity index (χ1) is 17.4. The molecule has 1 aliphatic rings. The number of nitrogens with one attached hydrogen (secondary N) is 2. The summed E-state index contributed by atoms with van der Waals surface area (Å²) in [5.41, 5.74) is 2.33. The van der Waals surface area contributed by atoms with E-state index in [-0.39, 0.29) is 5.66 Å². The van der Waals surface area contributed by atoms with Gasteiger partial charge >= 0.3 is 17.6 Å². The summed E-state index contributed by atoms with van der Waals surface area (Å²) in [6.07, 6.45) is 5.91. The summed E-state index contributed by atoms with van der Waals surface area (Å²) in [5.74, 6) is 0. The Balaban J connectivity index is 1.66. The normalized spacial score (nSPS) is 16.3. The lowest BCUT2D eigenvalue weighted by atomic mass is 9.88. The van der Waals surface area contributed by atoms with Crippen LogP contribution in [0.1, 0.15) is 43.2 Å². The molecule has 0 heterocycles. The van der Waals surface area contributed by atoms with E-state index in [2.05, 4.69) is 34.9 Å². The van der Waals surface area contributed by atoms with Crippen LogP contribution in [0.2, 0.25) is 0 Å². The third-order valence-electron chi connectivity index (χ3n) is 7.20. The maximum Gasteiger partial charge on any atom is 0.536 e. The van der Waals surface area contributed by atoms with Crippen LogP contribution >= 0.6 is 0 Å². The minimum Gasteiger partial charge on any atom is -0.373 e. The average molecular weight is 535 g/mol. The molecule has 0 spiro atoms. The van der Waals surface area contributed by atoms with E-state index in [0.717, 1.165) is 36.3 Å². The first kappa shape index (κ1) is 29.1. The largest absolute Gasteiger partial charge is 0.536 e. The summed E-state index contributed by atoms with van der Waals surface area (Å²) in [5, 5.41) is 9.58. The summed E-state index contributed by atoms with van der Waals surface area (Å²) in [7, 11) is 4.16. The second kappa shape index (κ2) is 13.4. The molecular weight excluding hydrogens is 492 g/mol. The van der Waals surface area contributed by atoms with Gasteiger partial charge in [-0.05, 0) is 24.0 Å². The molecule has 0 saturated heterocycles. The molecule has 10 heteroatoms. The summed E-state index contributed by atoms with van der Waals surface area (Å²) in [6, 6.07) is 16.7. The van der Waals surface area contributed by atoms with E-state index >= 15 is 0 Å². The Kier molecular flexibility index (Phi) is 10.8. The molecular formula is C26H42N2O6Si2. The SMILES string of the molecule is CO[Si](OC)(OC)c1ccc(CNC2(NCc3ccc([Si](OC)(OC)OC)cc3)CCCCC2)cc1. The fraction of sp³-hybridized carbons (Fsp3) is 0.538. The van der Waals surface area contributed by atoms with Gasteiger partial charge in [0, 0.05) is 66.1 Å². The number of hydrogen-bond acceptors (Lipinski definition) is 8. The minimum absolute atomic E-state index is 0.0935. The van der Waals surface area contributed by atoms with Gasteiger partial charge in [-0.1, -0.05) is 67.8 Å². The molecule has 1 saturated carbocycles. The second-order valence-electron chi connectivity index (χ2n) is 9.08. The zero-order chi connectivity index (χ0) is 26.1. The molecule has 8 nitrogen and oxygen atoms in total. The highest BCUT2D eigenvalue weighted by Gasteiger charge is 2.41. The zero-order valence-electron chi connectivity index (χ0n) is 22.5. The lowest BCUT2D eigenvalue weighted by molar-refractivity contribution is 0.140. The zero-order valence-corrected chi connectivity index (χ0v) is 24.5. The van der Waals surface area contributed by atoms with Gasteiger partial charge in [0.2, 0.25) is 0 Å². The molecule has 36 heavy (non-hydrogen) atoms. The van der Waals surface area contributed by atoms with E-state index in [1.165, 1.54) is 30.4 Å². The van der Waals surface area contributed by atoms with Crippen LogP contribution in [-0.4, -0.2) is 65.9 Å². The van der Waals surface area contributed by atoms with Crippen LogP contribution in [0.3, 0.4) is 0 Å². The van der Waals surface area contributed by atoms with Crippen molar-refractivity contribution in [2.75, 3.05) is 42.7 Å². The third-order valence-corrected chi connectivity index (χ3v) is 12.5. The topological polar surface area (TPSA) is 79.4 Å². The van der Waals surface area contributed by atoms with Gasteiger partial charge in [-0.25, -0.2) is 0 Å². The number of hydrogen-bond donors (Lipinski definition) is 2. The van der Waals surface area contributed by atoms with Crippen molar-refractivity contribution in [1.29, 1.82) is 0 Å². The number of rotatable bonds is 14. The molecule has 200 valence electrons. The second-order valence-corrected chi connectivity index (χ2v) is 14.9. The van der Waals surface area contributed by atoms with Gasteiger partial charge in [0.05, 0.1) is 5.66 Å². The van der Waals surface area contributed by atoms with Crippen molar-refractivity contribution >= 4 is 28.0 Å². The predicted molar refractivity (Wildman–Crippen MR) is 145 cm³/mol. The van der Waals surface area contributed by atoms with Crippen LogP contribution in [0.5, 0.6) is 0 Å². The lowest BCUT2D eigenvalue weighted by Crippen LogP contribution is -2.57. The Morgan fingerprint density at radius 2 is 0.889 bits per heavy atom. The highest BCUT2D eigenvalue weighted by atomic mass is 28.4. The molecule has 0 aromatic heterocycles. The van der Waals surface area contributed by atoms with Gasteiger partial charge in [0.1, 0.15) is 0 Å². The Morgan fingerprint density at radius 1 is 0.556 bits per heavy atom. The van der Waals surface area contributed by atoms with Crippen molar-refractivity contribution in [2.24, 2.45) is 0 Å². The first-order valence-corrected chi connectivity index (χ1v) is 15.9. The molecule has 0 radical (unpaired) electrons. The quantitative estimate of drug-likeness (QED) is 0.283. The van der Waals surface area contributed by atoms with Gasteiger partial charge < -0.3 is 26.6 Å². The molecule has 3 rings (SSSR count). The first-order valence-electron chi connectivity index (χ1n) is 12.4. The maximum absolute atomic E-state index is 5.60. The predicted octanol–water partition coefficient (Wildman–Crippen LogP) is 2.40. The molecule has 0 unspecified atom stereocenters. The van der Waals surface area contributed by atoms with Crippen LogP contribution in [0.15, 0.2) is 48.5 Å². The van der Waals surface area contributed by atoms with Gasteiger partial charge in [-0.2, -0.15) is 0 Å². The van der Waals surface area contributed by atoms with E-state index in [1.54, 1.807) is 42.7 Å². The molecule has 1 aliphatic carbocycles. The minimum atomic E-state index is -2.81. The van der Waals surface area contributed by atoms with Crippen molar-refractivity contribution in [3.8, 4) is 0 Å². The Hall–Kier alpha value is -1.45. The standard InChI is InChI=1S/C26H42N2O6Si2/c1-29-35(30-2,31-3)24-14-10-22(11-15-24)20-27-26(18-8-7-9-19-26)28-21-23-12-16-25(17-13-23)36(32-4,33-5)34-6/h10-17,27-28H,7-9,18-21H2,1-6H3. The smallest absolute Gasteiger partial charge is 0.373 e. The molecule has 0 bridgehead atoms. The van der Waals surface area contributed by atoms with E-state index in [9.17, 15) is 0 Å². The van der Waals surface area contributed by atoms with Crippen LogP contribution in [0.4, 0.5) is 0 Å². The average Bonchev–Trinajstić information content (AvgIpc) is 2.95. The van der Waals surface area contributed by atoms with Gasteiger partial charge in [0.15, 0.2) is 0 Å². The van der Waals surface area contributed by atoms with Gasteiger partial charge in [-0.3, -0.25) is 10.6 Å². The van der Waals surface area contributed by atoms with Crippen LogP contribution in [0, 0.1) is 0 Å². The van der Waals surface area contributed by atoms with E-state index in [1.807, 2.05) is 24.3 Å². The van der Waals surface area contributed by atoms with Gasteiger partial charge in [-0.15, -0.1) is 0 Å². The van der Waals surface area contributed by atoms with Crippen LogP contribution in [0.25, 0.3) is 0 Å². The molecule has 0 aliphatic heterocycles. The fourth-order valence-corrected chi connectivity index (χ4v) is 8.54. The summed E-state index contributed by atoms with van der Waals surface area (Å²) >= 11 is 0. The van der Waals surface area contributed by atoms with Crippen molar-refractivity contribution < 1.29 is 26.6 Å². The fourth-order valence-electron chi connectivity index (χ4n) is 4.97.